The number of hydrogen-bond donors (Lipinski definition) is 1. The van der Waals surface area contributed by atoms with Crippen molar-refractivity contribution in [3.8, 4) is 0 Å². The summed E-state index contributed by atoms with van der Waals surface area (Å²) in [6.07, 6.45) is 0. The summed E-state index contributed by atoms with van der Waals surface area (Å²) in [5, 5.41) is 2.55. The first-order valence-corrected chi connectivity index (χ1v) is 11.0. The molecule has 0 aromatic carbocycles. The number of aryl methyl sites for hydroxylation is 1. The highest BCUT2D eigenvalue weighted by Crippen LogP contribution is 2.28. The molecule has 4 aromatic heterocycles. The van der Waals surface area contributed by atoms with Crippen LogP contribution in [0.1, 0.15) is 32.4 Å². The van der Waals surface area contributed by atoms with Gasteiger partial charge in [0.2, 0.25) is 0 Å². The van der Waals surface area contributed by atoms with E-state index in [-0.39, 0.29) is 16.4 Å². The number of H-pyrrole nitrogens is 1. The van der Waals surface area contributed by atoms with E-state index in [9.17, 15) is 14.4 Å². The largest absolute Gasteiger partial charge is 0.332 e. The smallest absolute Gasteiger partial charge is 0.309 e. The Labute approximate surface area is 178 Å². The molecule has 0 spiro atoms. The van der Waals surface area contributed by atoms with Crippen LogP contribution in [0.4, 0.5) is 0 Å². The molecule has 0 aliphatic carbocycles. The summed E-state index contributed by atoms with van der Waals surface area (Å²) in [7, 11) is 3.02. The van der Waals surface area contributed by atoms with Crippen molar-refractivity contribution in [2.45, 2.75) is 37.0 Å². The first-order valence-electron chi connectivity index (χ1n) is 9.15. The van der Waals surface area contributed by atoms with Gasteiger partial charge in [0.25, 0.3) is 11.1 Å². The van der Waals surface area contributed by atoms with Crippen LogP contribution < -0.4 is 16.8 Å². The fourth-order valence-electron chi connectivity index (χ4n) is 3.00. The third-order valence-corrected chi connectivity index (χ3v) is 6.54. The van der Waals surface area contributed by atoms with Crippen LogP contribution >= 0.6 is 23.1 Å². The SMILES string of the molecule is Cn1c(=O)c2c(SCc3nc4ccsc4c(=O)[nH]3)nc(C(C)(C)C)nc2n(C)c1=O. The van der Waals surface area contributed by atoms with E-state index >= 15 is 0 Å². The van der Waals surface area contributed by atoms with E-state index < -0.39 is 11.2 Å². The lowest BCUT2D eigenvalue weighted by atomic mass is 9.96. The molecule has 0 amide bonds. The van der Waals surface area contributed by atoms with E-state index in [2.05, 4.69) is 19.9 Å². The molecule has 30 heavy (non-hydrogen) atoms. The maximum atomic E-state index is 12.9. The number of thioether (sulfide) groups is 1. The lowest BCUT2D eigenvalue weighted by molar-refractivity contribution is 0.539. The van der Waals surface area contributed by atoms with Gasteiger partial charge in [0, 0.05) is 19.5 Å². The Morgan fingerprint density at radius 2 is 1.83 bits per heavy atom. The van der Waals surface area contributed by atoms with E-state index in [4.69, 9.17) is 0 Å². The lowest BCUT2D eigenvalue weighted by Crippen LogP contribution is -2.38. The number of nitrogens with one attached hydrogen (secondary N) is 1. The molecule has 0 saturated carbocycles. The van der Waals surface area contributed by atoms with E-state index in [1.54, 1.807) is 13.1 Å². The van der Waals surface area contributed by atoms with Crippen LogP contribution in [0.2, 0.25) is 0 Å². The standard InChI is InChI=1S/C19H20N6O3S2/c1-19(2,3)17-22-13-11(16(27)25(5)18(28)24(13)4)15(23-17)30-8-10-20-9-6-7-29-12(9)14(26)21-10/h6-7H,8H2,1-5H3,(H,20,21,26). The van der Waals surface area contributed by atoms with Crippen LogP contribution in [-0.2, 0) is 25.3 Å². The maximum absolute atomic E-state index is 12.9. The van der Waals surface area contributed by atoms with E-state index in [1.165, 1.54) is 34.7 Å². The average Bonchev–Trinajstić information content (AvgIpc) is 3.17. The minimum absolute atomic E-state index is 0.188. The molecule has 0 bridgehead atoms. The number of rotatable bonds is 3. The minimum Gasteiger partial charge on any atom is -0.309 e. The van der Waals surface area contributed by atoms with Gasteiger partial charge in [0.1, 0.15) is 26.8 Å². The minimum atomic E-state index is -0.453. The van der Waals surface area contributed by atoms with Gasteiger partial charge in [-0.2, -0.15) is 0 Å². The molecule has 0 aliphatic rings. The Morgan fingerprint density at radius 1 is 1.10 bits per heavy atom. The Bertz CT molecular complexity index is 1470. The first-order chi connectivity index (χ1) is 14.1. The number of fused-ring (bicyclic) bond motifs is 2. The Kier molecular flexibility index (Phi) is 4.89. The van der Waals surface area contributed by atoms with E-state index in [0.717, 1.165) is 4.57 Å². The molecule has 0 saturated heterocycles. The summed E-state index contributed by atoms with van der Waals surface area (Å²) < 4.78 is 2.98. The van der Waals surface area contributed by atoms with Crippen molar-refractivity contribution < 1.29 is 0 Å². The molecule has 0 atom stereocenters. The molecular weight excluding hydrogens is 424 g/mol. The van der Waals surface area contributed by atoms with Gasteiger partial charge in [0.05, 0.1) is 11.3 Å². The molecule has 0 radical (unpaired) electrons. The second-order valence-electron chi connectivity index (χ2n) is 7.94. The van der Waals surface area contributed by atoms with Crippen molar-refractivity contribution in [3.05, 3.63) is 54.3 Å². The normalized spacial score (nSPS) is 12.2. The number of thiophene rings is 1. The second-order valence-corrected chi connectivity index (χ2v) is 9.82. The maximum Gasteiger partial charge on any atom is 0.332 e. The molecule has 11 heteroatoms. The summed E-state index contributed by atoms with van der Waals surface area (Å²) in [6, 6.07) is 1.80. The van der Waals surface area contributed by atoms with Crippen LogP contribution in [0.3, 0.4) is 0 Å². The first kappa shape index (κ1) is 20.5. The second kappa shape index (κ2) is 7.17. The molecule has 0 aliphatic heterocycles. The fraction of sp³-hybridized carbons (Fsp3) is 0.368. The number of aromatic amines is 1. The van der Waals surface area contributed by atoms with Gasteiger partial charge in [-0.25, -0.2) is 19.7 Å². The molecule has 156 valence electrons. The van der Waals surface area contributed by atoms with Crippen LogP contribution in [-0.4, -0.2) is 29.1 Å². The van der Waals surface area contributed by atoms with Crippen molar-refractivity contribution in [1.29, 1.82) is 0 Å². The lowest BCUT2D eigenvalue weighted by Gasteiger charge is -2.19. The van der Waals surface area contributed by atoms with Gasteiger partial charge in [-0.3, -0.25) is 18.7 Å². The van der Waals surface area contributed by atoms with Crippen LogP contribution in [0, 0.1) is 0 Å². The highest BCUT2D eigenvalue weighted by atomic mass is 32.2. The summed E-state index contributed by atoms with van der Waals surface area (Å²) >= 11 is 2.62. The third-order valence-electron chi connectivity index (χ3n) is 4.65. The zero-order valence-corrected chi connectivity index (χ0v) is 18.8. The average molecular weight is 445 g/mol. The molecule has 0 unspecified atom stereocenters. The van der Waals surface area contributed by atoms with Gasteiger partial charge in [-0.1, -0.05) is 32.5 Å². The third kappa shape index (κ3) is 3.37. The van der Waals surface area contributed by atoms with Gasteiger partial charge in [-0.05, 0) is 11.4 Å². The fourth-order valence-corrected chi connectivity index (χ4v) is 4.61. The van der Waals surface area contributed by atoms with Crippen molar-refractivity contribution in [3.63, 3.8) is 0 Å². The van der Waals surface area contributed by atoms with Crippen molar-refractivity contribution in [1.82, 2.24) is 29.1 Å². The monoisotopic (exact) mass is 444 g/mol. The van der Waals surface area contributed by atoms with Gasteiger partial charge >= 0.3 is 5.69 Å². The van der Waals surface area contributed by atoms with E-state index in [0.29, 0.717) is 38.3 Å². The van der Waals surface area contributed by atoms with Crippen molar-refractivity contribution >= 4 is 44.3 Å². The molecule has 9 nitrogen and oxygen atoms in total. The number of hydrogen-bond acceptors (Lipinski definition) is 8. The summed E-state index contributed by atoms with van der Waals surface area (Å²) in [4.78, 5) is 54.0. The van der Waals surface area contributed by atoms with Crippen molar-refractivity contribution in [2.75, 3.05) is 0 Å². The Hall–Kier alpha value is -2.79. The topological polar surface area (TPSA) is 116 Å². The Balaban J connectivity index is 1.88. The highest BCUT2D eigenvalue weighted by Gasteiger charge is 2.23. The Morgan fingerprint density at radius 3 is 2.53 bits per heavy atom. The highest BCUT2D eigenvalue weighted by molar-refractivity contribution is 7.98. The quantitative estimate of drug-likeness (QED) is 0.379. The van der Waals surface area contributed by atoms with Crippen LogP contribution in [0.15, 0.2) is 30.9 Å². The zero-order valence-electron chi connectivity index (χ0n) is 17.1. The molecule has 4 rings (SSSR count). The van der Waals surface area contributed by atoms with Crippen LogP contribution in [0.25, 0.3) is 21.3 Å². The summed E-state index contributed by atoms with van der Waals surface area (Å²) in [5.74, 6) is 1.32. The van der Waals surface area contributed by atoms with Crippen molar-refractivity contribution in [2.24, 2.45) is 14.1 Å². The predicted molar refractivity (Wildman–Crippen MR) is 119 cm³/mol. The molecule has 1 N–H and O–H groups in total. The number of aromatic nitrogens is 6. The summed E-state index contributed by atoms with van der Waals surface area (Å²) in [5.41, 5.74) is -0.544. The predicted octanol–water partition coefficient (Wildman–Crippen LogP) is 1.91. The van der Waals surface area contributed by atoms with E-state index in [1.807, 2.05) is 26.2 Å². The van der Waals surface area contributed by atoms with Gasteiger partial charge < -0.3 is 4.98 Å². The zero-order chi connectivity index (χ0) is 21.8. The van der Waals surface area contributed by atoms with Gasteiger partial charge in [-0.15, -0.1) is 11.3 Å². The number of nitrogens with zero attached hydrogens (tertiary/aromatic N) is 5. The van der Waals surface area contributed by atoms with Crippen LogP contribution in [0.5, 0.6) is 0 Å². The molecule has 4 heterocycles. The molecule has 0 fully saturated rings. The molecule has 4 aromatic rings. The molecular formula is C19H20N6O3S2. The van der Waals surface area contributed by atoms with Gasteiger partial charge in [0.15, 0.2) is 5.65 Å². The summed E-state index contributed by atoms with van der Waals surface area (Å²) in [6.45, 7) is 5.89.